The largest absolute Gasteiger partial charge is 0.497 e. The van der Waals surface area contributed by atoms with E-state index in [9.17, 15) is 14.7 Å². The molecule has 0 bridgehead atoms. The van der Waals surface area contributed by atoms with Crippen LogP contribution in [0.25, 0.3) is 0 Å². The lowest BCUT2D eigenvalue weighted by molar-refractivity contribution is -0.147. The van der Waals surface area contributed by atoms with Crippen molar-refractivity contribution in [2.75, 3.05) is 7.11 Å². The van der Waals surface area contributed by atoms with Crippen LogP contribution in [0.3, 0.4) is 0 Å². The van der Waals surface area contributed by atoms with E-state index < -0.39 is 43.5 Å². The highest BCUT2D eigenvalue weighted by atomic mass is 28.4. The zero-order valence-corrected chi connectivity index (χ0v) is 26.8. The van der Waals surface area contributed by atoms with Crippen LogP contribution in [-0.4, -0.2) is 50.3 Å². The Bertz CT molecular complexity index is 1010. The fraction of sp³-hybridized carbons (Fsp3) is 0.677. The topological polar surface area (TPSA) is 94.1 Å². The minimum absolute atomic E-state index is 0.106. The van der Waals surface area contributed by atoms with Crippen LogP contribution < -0.4 is 10.1 Å². The van der Waals surface area contributed by atoms with Crippen LogP contribution in [0.15, 0.2) is 35.9 Å². The number of methoxy groups -OCH3 is 1. The van der Waals surface area contributed by atoms with Crippen molar-refractivity contribution in [1.29, 1.82) is 0 Å². The van der Waals surface area contributed by atoms with Crippen molar-refractivity contribution in [3.8, 4) is 5.75 Å². The van der Waals surface area contributed by atoms with E-state index in [4.69, 9.17) is 13.9 Å². The van der Waals surface area contributed by atoms with Gasteiger partial charge in [0.15, 0.2) is 8.32 Å². The highest BCUT2D eigenvalue weighted by Crippen LogP contribution is 2.43. The third-order valence-electron chi connectivity index (χ3n) is 8.10. The molecule has 1 aliphatic carbocycles. The van der Waals surface area contributed by atoms with Crippen molar-refractivity contribution in [3.05, 3.63) is 41.5 Å². The van der Waals surface area contributed by atoms with Crippen LogP contribution in [0.5, 0.6) is 5.75 Å². The van der Waals surface area contributed by atoms with Crippen LogP contribution in [0.4, 0.5) is 4.79 Å². The minimum atomic E-state index is -2.37. The number of carboxylic acid groups (broad SMARTS) is 1. The first-order valence-corrected chi connectivity index (χ1v) is 17.0. The number of rotatable bonds is 11. The van der Waals surface area contributed by atoms with Crippen LogP contribution >= 0.6 is 0 Å². The Kier molecular flexibility index (Phi) is 10.9. The number of amides is 1. The number of carboxylic acids is 1. The van der Waals surface area contributed by atoms with Gasteiger partial charge in [0.25, 0.3) is 0 Å². The molecule has 2 N–H and O–H groups in total. The maximum absolute atomic E-state index is 13.1. The average Bonchev–Trinajstić information content (AvgIpc) is 2.82. The molecule has 1 aliphatic rings. The summed E-state index contributed by atoms with van der Waals surface area (Å²) in [6.45, 7) is 18.1. The van der Waals surface area contributed by atoms with Gasteiger partial charge in [-0.05, 0) is 102 Å². The second-order valence-corrected chi connectivity index (χ2v) is 18.3. The molecule has 1 aromatic rings. The Morgan fingerprint density at radius 1 is 1.03 bits per heavy atom. The molecular weight excluding hydrogens is 510 g/mol. The molecular formula is C31H51NO6Si. The average molecular weight is 562 g/mol. The van der Waals surface area contributed by atoms with Gasteiger partial charge < -0.3 is 24.3 Å². The first kappa shape index (κ1) is 32.9. The Morgan fingerprint density at radius 3 is 2.10 bits per heavy atom. The molecule has 1 amide bonds. The maximum Gasteiger partial charge on any atom is 0.407 e. The molecule has 0 aromatic heterocycles. The van der Waals surface area contributed by atoms with Crippen molar-refractivity contribution < 1.29 is 28.6 Å². The second kappa shape index (κ2) is 12.9. The van der Waals surface area contributed by atoms with Gasteiger partial charge in [0, 0.05) is 0 Å². The van der Waals surface area contributed by atoms with Gasteiger partial charge >= 0.3 is 12.1 Å². The summed E-state index contributed by atoms with van der Waals surface area (Å²) in [7, 11) is -0.746. The van der Waals surface area contributed by atoms with Crippen molar-refractivity contribution in [1.82, 2.24) is 5.32 Å². The summed E-state index contributed by atoms with van der Waals surface area (Å²) in [6, 6.07) is 7.19. The van der Waals surface area contributed by atoms with E-state index in [-0.39, 0.29) is 11.5 Å². The van der Waals surface area contributed by atoms with Gasteiger partial charge in [0.05, 0.1) is 24.7 Å². The maximum atomic E-state index is 13.1. The number of allylic oxidation sites excluding steroid dienone is 1. The standard InChI is InChI=1S/C31H51NO6Si/c1-29(2,3)37-28(35)32-25(20-22-16-18-24(36-8)19-17-22)26(38-39(9,10)30(4,5)6)21-31(7,27(33)34)23-14-12-11-13-15-23/h14,16-19,25-26H,11-13,15,20-21H2,1-10H3,(H,32,35)(H,33,34)/t25-,26-,31+/m0/s1. The monoisotopic (exact) mass is 561 g/mol. The number of benzene rings is 1. The molecule has 0 saturated carbocycles. The lowest BCUT2D eigenvalue weighted by Crippen LogP contribution is -2.55. The third kappa shape index (κ3) is 9.38. The fourth-order valence-corrected chi connectivity index (χ4v) is 6.03. The summed E-state index contributed by atoms with van der Waals surface area (Å²) in [5.74, 6) is -0.118. The van der Waals surface area contributed by atoms with Gasteiger partial charge in [-0.1, -0.05) is 44.6 Å². The first-order valence-electron chi connectivity index (χ1n) is 14.1. The first-order chi connectivity index (χ1) is 17.9. The lowest BCUT2D eigenvalue weighted by atomic mass is 9.72. The zero-order chi connectivity index (χ0) is 29.6. The number of hydrogen-bond donors (Lipinski definition) is 2. The van der Waals surface area contributed by atoms with Gasteiger partial charge in [-0.15, -0.1) is 0 Å². The van der Waals surface area contributed by atoms with Gasteiger partial charge in [0.1, 0.15) is 11.4 Å². The lowest BCUT2D eigenvalue weighted by Gasteiger charge is -2.44. The number of nitrogens with one attached hydrogen (secondary N) is 1. The van der Waals surface area contributed by atoms with E-state index in [1.165, 1.54) is 0 Å². The Labute approximate surface area is 236 Å². The molecule has 0 heterocycles. The predicted octanol–water partition coefficient (Wildman–Crippen LogP) is 7.50. The molecule has 8 heteroatoms. The summed E-state index contributed by atoms with van der Waals surface area (Å²) < 4.78 is 18.0. The fourth-order valence-electron chi connectivity index (χ4n) is 4.67. The Morgan fingerprint density at radius 2 is 1.64 bits per heavy atom. The summed E-state index contributed by atoms with van der Waals surface area (Å²) in [5.41, 5.74) is 0.147. The van der Waals surface area contributed by atoms with E-state index in [0.29, 0.717) is 6.42 Å². The number of ether oxygens (including phenoxy) is 2. The van der Waals surface area contributed by atoms with Crippen LogP contribution in [0.1, 0.15) is 86.1 Å². The molecule has 0 radical (unpaired) electrons. The highest BCUT2D eigenvalue weighted by molar-refractivity contribution is 6.74. The van der Waals surface area contributed by atoms with Crippen LogP contribution in [-0.2, 0) is 20.4 Å². The van der Waals surface area contributed by atoms with Gasteiger partial charge in [0.2, 0.25) is 0 Å². The number of aliphatic carboxylic acids is 1. The van der Waals surface area contributed by atoms with Crippen molar-refractivity contribution in [2.24, 2.45) is 5.41 Å². The number of carbonyl (C=O) groups excluding carboxylic acids is 1. The van der Waals surface area contributed by atoms with Crippen molar-refractivity contribution in [2.45, 2.75) is 123 Å². The summed E-state index contributed by atoms with van der Waals surface area (Å²) in [4.78, 5) is 26.0. The SMILES string of the molecule is COc1ccc(C[C@H](NC(=O)OC(C)(C)C)[C@H](C[C@@](C)(C(=O)O)C2=CCCCC2)O[Si](C)(C)C(C)(C)C)cc1. The van der Waals surface area contributed by atoms with E-state index >= 15 is 0 Å². The van der Waals surface area contributed by atoms with E-state index in [2.05, 4.69) is 45.3 Å². The molecule has 2 rings (SSSR count). The molecule has 1 aromatic carbocycles. The zero-order valence-electron chi connectivity index (χ0n) is 25.8. The molecule has 0 spiro atoms. The number of alkyl carbamates (subject to hydrolysis) is 1. The smallest absolute Gasteiger partial charge is 0.407 e. The summed E-state index contributed by atoms with van der Waals surface area (Å²) >= 11 is 0. The van der Waals surface area contributed by atoms with E-state index in [0.717, 1.165) is 42.6 Å². The highest BCUT2D eigenvalue weighted by Gasteiger charge is 2.46. The minimum Gasteiger partial charge on any atom is -0.497 e. The quantitative estimate of drug-likeness (QED) is 0.215. The number of hydrogen-bond acceptors (Lipinski definition) is 5. The summed E-state index contributed by atoms with van der Waals surface area (Å²) in [6.07, 6.45) is 5.41. The molecule has 7 nitrogen and oxygen atoms in total. The van der Waals surface area contributed by atoms with Gasteiger partial charge in [-0.2, -0.15) is 0 Å². The molecule has 220 valence electrons. The molecule has 0 unspecified atom stereocenters. The van der Waals surface area contributed by atoms with E-state index in [1.807, 2.05) is 52.0 Å². The normalized spacial score (nSPS) is 17.8. The van der Waals surface area contributed by atoms with Crippen molar-refractivity contribution >= 4 is 20.4 Å². The Hall–Kier alpha value is -2.32. The van der Waals surface area contributed by atoms with Crippen LogP contribution in [0, 0.1) is 5.41 Å². The third-order valence-corrected chi connectivity index (χ3v) is 12.6. The molecule has 39 heavy (non-hydrogen) atoms. The molecule has 3 atom stereocenters. The van der Waals surface area contributed by atoms with E-state index in [1.54, 1.807) is 7.11 Å². The summed E-state index contributed by atoms with van der Waals surface area (Å²) in [5, 5.41) is 13.5. The second-order valence-electron chi connectivity index (χ2n) is 13.5. The van der Waals surface area contributed by atoms with Crippen LogP contribution in [0.2, 0.25) is 18.1 Å². The van der Waals surface area contributed by atoms with Gasteiger partial charge in [-0.25, -0.2) is 4.79 Å². The van der Waals surface area contributed by atoms with Gasteiger partial charge in [-0.3, -0.25) is 4.79 Å². The molecule has 0 saturated heterocycles. The molecule has 0 fully saturated rings. The predicted molar refractivity (Wildman–Crippen MR) is 159 cm³/mol. The molecule has 0 aliphatic heterocycles. The number of carbonyl (C=O) groups is 2. The Balaban J connectivity index is 2.58. The van der Waals surface area contributed by atoms with Crippen molar-refractivity contribution in [3.63, 3.8) is 0 Å².